The second-order valence-electron chi connectivity index (χ2n) is 4.91. The minimum Gasteiger partial charge on any atom is -0.378 e. The third-order valence-corrected chi connectivity index (χ3v) is 4.32. The van der Waals surface area contributed by atoms with Crippen LogP contribution in [0.5, 0.6) is 0 Å². The molecule has 3 heterocycles. The topological polar surface area (TPSA) is 88.8 Å². The molecule has 0 spiro atoms. The molecule has 0 aliphatic carbocycles. The smallest absolute Gasteiger partial charge is 0.288 e. The van der Waals surface area contributed by atoms with Gasteiger partial charge < -0.3 is 15.0 Å². The molecule has 2 aromatic rings. The second kappa shape index (κ2) is 6.41. The number of amides is 1. The van der Waals surface area contributed by atoms with Gasteiger partial charge in [0.1, 0.15) is 5.56 Å². The van der Waals surface area contributed by atoms with Gasteiger partial charge in [0.25, 0.3) is 11.5 Å². The second-order valence-corrected chi connectivity index (χ2v) is 5.85. The van der Waals surface area contributed by atoms with Crippen molar-refractivity contribution in [2.75, 3.05) is 37.7 Å². The minimum atomic E-state index is -0.436. The number of hydrogen-bond donors (Lipinski definition) is 1. The molecule has 0 radical (unpaired) electrons. The lowest BCUT2D eigenvalue weighted by Gasteiger charge is -2.25. The summed E-state index contributed by atoms with van der Waals surface area (Å²) in [5.74, 6) is -0.408. The van der Waals surface area contributed by atoms with Crippen LogP contribution in [0.2, 0.25) is 0 Å². The van der Waals surface area contributed by atoms with Gasteiger partial charge in [0.2, 0.25) is 10.1 Å². The zero-order chi connectivity index (χ0) is 15.5. The van der Waals surface area contributed by atoms with E-state index >= 15 is 0 Å². The molecule has 118 valence electrons. The Hall–Kier alpha value is -2.00. The maximum absolute atomic E-state index is 12.4. The summed E-state index contributed by atoms with van der Waals surface area (Å²) < 4.78 is 6.51. The van der Waals surface area contributed by atoms with E-state index in [9.17, 15) is 9.59 Å². The maximum atomic E-state index is 12.4. The minimum absolute atomic E-state index is 0.0183. The van der Waals surface area contributed by atoms with Gasteiger partial charge in [-0.05, 0) is 6.42 Å². The highest BCUT2D eigenvalue weighted by Gasteiger charge is 2.19. The predicted molar refractivity (Wildman–Crippen MR) is 82.8 cm³/mol. The molecule has 1 aliphatic rings. The molecule has 22 heavy (non-hydrogen) atoms. The summed E-state index contributed by atoms with van der Waals surface area (Å²) >= 11 is 1.34. The van der Waals surface area contributed by atoms with Crippen LogP contribution in [0.1, 0.15) is 23.7 Å². The van der Waals surface area contributed by atoms with Gasteiger partial charge in [0, 0.05) is 25.8 Å². The van der Waals surface area contributed by atoms with Gasteiger partial charge in [0.15, 0.2) is 0 Å². The molecule has 0 atom stereocenters. The fourth-order valence-corrected chi connectivity index (χ4v) is 3.06. The Bertz CT molecular complexity index is 735. The summed E-state index contributed by atoms with van der Waals surface area (Å²) in [6, 6.07) is 0. The van der Waals surface area contributed by atoms with Crippen molar-refractivity contribution >= 4 is 27.3 Å². The van der Waals surface area contributed by atoms with Gasteiger partial charge in [0.05, 0.1) is 13.2 Å². The number of nitrogens with one attached hydrogen (secondary N) is 1. The van der Waals surface area contributed by atoms with Gasteiger partial charge in [-0.3, -0.25) is 9.59 Å². The first-order valence-electron chi connectivity index (χ1n) is 7.20. The lowest BCUT2D eigenvalue weighted by Crippen LogP contribution is -2.36. The molecular formula is C13H17N5O3S. The van der Waals surface area contributed by atoms with Crippen molar-refractivity contribution in [1.29, 1.82) is 0 Å². The fraction of sp³-hybridized carbons (Fsp3) is 0.538. The van der Waals surface area contributed by atoms with Crippen LogP contribution in [0.25, 0.3) is 4.96 Å². The van der Waals surface area contributed by atoms with Crippen molar-refractivity contribution in [2.24, 2.45) is 0 Å². The number of carbonyl (C=O) groups excluding carboxylic acids is 1. The van der Waals surface area contributed by atoms with Gasteiger partial charge >= 0.3 is 0 Å². The Morgan fingerprint density at radius 3 is 2.95 bits per heavy atom. The number of nitrogens with zero attached hydrogens (tertiary/aromatic N) is 4. The van der Waals surface area contributed by atoms with E-state index in [-0.39, 0.29) is 5.56 Å². The zero-order valence-corrected chi connectivity index (χ0v) is 13.1. The Balaban J connectivity index is 1.93. The highest BCUT2D eigenvalue weighted by atomic mass is 32.1. The number of morpholine rings is 1. The summed E-state index contributed by atoms with van der Waals surface area (Å²) in [5, 5.41) is 7.71. The van der Waals surface area contributed by atoms with E-state index in [1.54, 1.807) is 0 Å². The van der Waals surface area contributed by atoms with Gasteiger partial charge in [-0.15, -0.1) is 5.10 Å². The molecule has 2 aromatic heterocycles. The normalized spacial score (nSPS) is 15.2. The van der Waals surface area contributed by atoms with E-state index in [0.29, 0.717) is 24.7 Å². The average Bonchev–Trinajstić information content (AvgIpc) is 2.99. The van der Waals surface area contributed by atoms with Crippen molar-refractivity contribution < 1.29 is 9.53 Å². The maximum Gasteiger partial charge on any atom is 0.288 e. The SMILES string of the molecule is CCCNC(=O)c1cnc2sc(N3CCOCC3)nn2c1=O. The first kappa shape index (κ1) is 14.9. The standard InChI is InChI=1S/C13H17N5O3S/c1-2-3-14-10(19)9-8-15-12-18(11(9)20)16-13(22-12)17-4-6-21-7-5-17/h8H,2-7H2,1H3,(H,14,19). The molecule has 0 bridgehead atoms. The average molecular weight is 323 g/mol. The Kier molecular flexibility index (Phi) is 4.34. The van der Waals surface area contributed by atoms with E-state index in [1.165, 1.54) is 22.0 Å². The lowest BCUT2D eigenvalue weighted by molar-refractivity contribution is 0.0951. The van der Waals surface area contributed by atoms with Crippen LogP contribution in [-0.4, -0.2) is 53.4 Å². The number of hydrogen-bond acceptors (Lipinski definition) is 7. The Morgan fingerprint density at radius 2 is 2.23 bits per heavy atom. The zero-order valence-electron chi connectivity index (χ0n) is 12.2. The number of fused-ring (bicyclic) bond motifs is 1. The molecular weight excluding hydrogens is 306 g/mol. The molecule has 1 N–H and O–H groups in total. The van der Waals surface area contributed by atoms with Crippen LogP contribution in [0.15, 0.2) is 11.0 Å². The van der Waals surface area contributed by atoms with Crippen LogP contribution in [-0.2, 0) is 4.74 Å². The summed E-state index contributed by atoms with van der Waals surface area (Å²) in [4.78, 5) is 31.1. The van der Waals surface area contributed by atoms with Crippen molar-refractivity contribution in [3.63, 3.8) is 0 Å². The van der Waals surface area contributed by atoms with Crippen molar-refractivity contribution in [3.8, 4) is 0 Å². The van der Waals surface area contributed by atoms with Gasteiger partial charge in [-0.1, -0.05) is 18.3 Å². The monoisotopic (exact) mass is 323 g/mol. The molecule has 9 heteroatoms. The van der Waals surface area contributed by atoms with E-state index in [0.717, 1.165) is 24.6 Å². The Labute approximate surface area is 130 Å². The quantitative estimate of drug-likeness (QED) is 0.860. The highest BCUT2D eigenvalue weighted by Crippen LogP contribution is 2.21. The molecule has 3 rings (SSSR count). The Morgan fingerprint density at radius 1 is 1.45 bits per heavy atom. The number of aromatic nitrogens is 3. The number of rotatable bonds is 4. The number of anilines is 1. The lowest BCUT2D eigenvalue weighted by atomic mass is 10.3. The summed E-state index contributed by atoms with van der Waals surface area (Å²) in [6.45, 7) is 5.23. The molecule has 1 aliphatic heterocycles. The fourth-order valence-electron chi connectivity index (χ4n) is 2.15. The first-order chi connectivity index (χ1) is 10.7. The van der Waals surface area contributed by atoms with Crippen molar-refractivity contribution in [3.05, 3.63) is 22.1 Å². The van der Waals surface area contributed by atoms with Crippen LogP contribution >= 0.6 is 11.3 Å². The summed E-state index contributed by atoms with van der Waals surface area (Å²) in [5.41, 5.74) is -0.417. The molecule has 8 nitrogen and oxygen atoms in total. The number of carbonyl (C=O) groups is 1. The highest BCUT2D eigenvalue weighted by molar-refractivity contribution is 7.20. The number of ether oxygens (including phenoxy) is 1. The molecule has 1 amide bonds. The van der Waals surface area contributed by atoms with E-state index in [4.69, 9.17) is 4.74 Å². The molecule has 0 aromatic carbocycles. The molecule has 1 fully saturated rings. The predicted octanol–water partition coefficient (Wildman–Crippen LogP) is 0.127. The van der Waals surface area contributed by atoms with Crippen LogP contribution in [0.3, 0.4) is 0 Å². The molecule has 0 unspecified atom stereocenters. The third-order valence-electron chi connectivity index (χ3n) is 3.34. The molecule has 0 saturated carbocycles. The van der Waals surface area contributed by atoms with E-state index in [1.807, 2.05) is 6.92 Å². The summed E-state index contributed by atoms with van der Waals surface area (Å²) in [6.07, 6.45) is 2.13. The van der Waals surface area contributed by atoms with E-state index < -0.39 is 11.5 Å². The first-order valence-corrected chi connectivity index (χ1v) is 8.02. The van der Waals surface area contributed by atoms with Gasteiger partial charge in [-0.2, -0.15) is 4.52 Å². The van der Waals surface area contributed by atoms with Crippen molar-refractivity contribution in [2.45, 2.75) is 13.3 Å². The van der Waals surface area contributed by atoms with Crippen LogP contribution in [0, 0.1) is 0 Å². The van der Waals surface area contributed by atoms with Gasteiger partial charge in [-0.25, -0.2) is 4.98 Å². The molecule has 1 saturated heterocycles. The van der Waals surface area contributed by atoms with Crippen molar-refractivity contribution in [1.82, 2.24) is 19.9 Å². The van der Waals surface area contributed by atoms with Crippen LogP contribution in [0.4, 0.5) is 5.13 Å². The van der Waals surface area contributed by atoms with Crippen LogP contribution < -0.4 is 15.8 Å². The van der Waals surface area contributed by atoms with E-state index in [2.05, 4.69) is 20.3 Å². The summed E-state index contributed by atoms with van der Waals surface area (Å²) in [7, 11) is 0. The third kappa shape index (κ3) is 2.81. The largest absolute Gasteiger partial charge is 0.378 e.